The summed E-state index contributed by atoms with van der Waals surface area (Å²) in [5.74, 6) is 0.861. The van der Waals surface area contributed by atoms with E-state index in [-0.39, 0.29) is 5.41 Å². The van der Waals surface area contributed by atoms with E-state index in [0.717, 1.165) is 24.8 Å². The summed E-state index contributed by atoms with van der Waals surface area (Å²) in [5, 5.41) is 0. The summed E-state index contributed by atoms with van der Waals surface area (Å²) in [7, 11) is 0. The molecule has 13 heavy (non-hydrogen) atoms. The van der Waals surface area contributed by atoms with Crippen LogP contribution < -0.4 is 0 Å². The van der Waals surface area contributed by atoms with Crippen LogP contribution in [0.2, 0.25) is 0 Å². The van der Waals surface area contributed by atoms with E-state index in [1.165, 1.54) is 0 Å². The highest BCUT2D eigenvalue weighted by molar-refractivity contribution is 6.00. The molecule has 0 heterocycles. The molecule has 0 aliphatic heterocycles. The Bertz CT molecular complexity index is 234. The SMILES string of the molecule is CC(C)C=C1CCCC(C)(C)C1=O. The zero-order valence-corrected chi connectivity index (χ0v) is 9.18. The van der Waals surface area contributed by atoms with Gasteiger partial charge >= 0.3 is 0 Å². The highest BCUT2D eigenvalue weighted by atomic mass is 16.1. The van der Waals surface area contributed by atoms with Crippen LogP contribution in [0.1, 0.15) is 47.0 Å². The van der Waals surface area contributed by atoms with E-state index in [9.17, 15) is 4.79 Å². The molecule has 74 valence electrons. The Labute approximate surface area is 81.2 Å². The Balaban J connectivity index is 2.83. The Morgan fingerprint density at radius 3 is 2.54 bits per heavy atom. The van der Waals surface area contributed by atoms with Crippen molar-refractivity contribution in [2.75, 3.05) is 0 Å². The fraction of sp³-hybridized carbons (Fsp3) is 0.750. The molecule has 0 saturated heterocycles. The van der Waals surface area contributed by atoms with E-state index in [1.54, 1.807) is 0 Å². The van der Waals surface area contributed by atoms with Gasteiger partial charge in [0.1, 0.15) is 0 Å². The third-order valence-corrected chi connectivity index (χ3v) is 2.69. The van der Waals surface area contributed by atoms with E-state index in [2.05, 4.69) is 33.8 Å². The van der Waals surface area contributed by atoms with E-state index >= 15 is 0 Å². The summed E-state index contributed by atoms with van der Waals surface area (Å²) in [5.41, 5.74) is 0.949. The number of carbonyl (C=O) groups excluding carboxylic acids is 1. The standard InChI is InChI=1S/C12H20O/c1-9(2)8-10-6-5-7-12(3,4)11(10)13/h8-9H,5-7H2,1-4H3. The van der Waals surface area contributed by atoms with Crippen LogP contribution in [-0.2, 0) is 4.79 Å². The molecule has 0 atom stereocenters. The minimum absolute atomic E-state index is 0.112. The average molecular weight is 180 g/mol. The molecular weight excluding hydrogens is 160 g/mol. The van der Waals surface area contributed by atoms with E-state index < -0.39 is 0 Å². The second-order valence-electron chi connectivity index (χ2n) is 5.00. The molecule has 0 aromatic rings. The van der Waals surface area contributed by atoms with Crippen LogP contribution in [0.15, 0.2) is 11.6 Å². The Morgan fingerprint density at radius 2 is 2.00 bits per heavy atom. The maximum atomic E-state index is 11.9. The van der Waals surface area contributed by atoms with Gasteiger partial charge in [0, 0.05) is 5.41 Å². The largest absolute Gasteiger partial charge is 0.294 e. The second-order valence-corrected chi connectivity index (χ2v) is 5.00. The molecule has 0 aromatic carbocycles. The maximum absolute atomic E-state index is 11.9. The first-order valence-electron chi connectivity index (χ1n) is 5.19. The molecule has 0 bridgehead atoms. The molecule has 0 aromatic heterocycles. The lowest BCUT2D eigenvalue weighted by molar-refractivity contribution is -0.124. The Morgan fingerprint density at radius 1 is 1.38 bits per heavy atom. The highest BCUT2D eigenvalue weighted by Crippen LogP contribution is 2.35. The van der Waals surface area contributed by atoms with Crippen molar-refractivity contribution < 1.29 is 4.79 Å². The van der Waals surface area contributed by atoms with Crippen molar-refractivity contribution in [1.29, 1.82) is 0 Å². The summed E-state index contributed by atoms with van der Waals surface area (Å²) in [6.45, 7) is 8.37. The molecule has 0 N–H and O–H groups in total. The van der Waals surface area contributed by atoms with Crippen molar-refractivity contribution in [3.63, 3.8) is 0 Å². The number of carbonyl (C=O) groups is 1. The summed E-state index contributed by atoms with van der Waals surface area (Å²) >= 11 is 0. The maximum Gasteiger partial charge on any atom is 0.164 e. The van der Waals surface area contributed by atoms with Crippen molar-refractivity contribution in [3.8, 4) is 0 Å². The molecule has 1 nitrogen and oxygen atoms in total. The van der Waals surface area contributed by atoms with Gasteiger partial charge in [0.05, 0.1) is 0 Å². The lowest BCUT2D eigenvalue weighted by Crippen LogP contribution is -2.29. The third-order valence-electron chi connectivity index (χ3n) is 2.69. The first-order chi connectivity index (χ1) is 5.93. The first-order valence-corrected chi connectivity index (χ1v) is 5.19. The van der Waals surface area contributed by atoms with Crippen LogP contribution in [0.25, 0.3) is 0 Å². The molecule has 0 unspecified atom stereocenters. The minimum Gasteiger partial charge on any atom is -0.294 e. The van der Waals surface area contributed by atoms with E-state index in [4.69, 9.17) is 0 Å². The second kappa shape index (κ2) is 3.65. The lowest BCUT2D eigenvalue weighted by atomic mass is 9.73. The monoisotopic (exact) mass is 180 g/mol. The molecule has 1 rings (SSSR count). The molecule has 0 amide bonds. The normalized spacial score (nSPS) is 25.6. The van der Waals surface area contributed by atoms with Crippen molar-refractivity contribution in [2.45, 2.75) is 47.0 Å². The van der Waals surface area contributed by atoms with Crippen LogP contribution in [-0.4, -0.2) is 5.78 Å². The predicted octanol–water partition coefficient (Wildman–Crippen LogP) is 3.35. The van der Waals surface area contributed by atoms with Gasteiger partial charge in [0.25, 0.3) is 0 Å². The molecule has 0 spiro atoms. The first kappa shape index (κ1) is 10.5. The van der Waals surface area contributed by atoms with Crippen molar-refractivity contribution in [3.05, 3.63) is 11.6 Å². The number of Topliss-reactive ketones (excluding diaryl/α,β-unsaturated/α-hetero) is 1. The Hall–Kier alpha value is -0.590. The van der Waals surface area contributed by atoms with Crippen LogP contribution in [0, 0.1) is 11.3 Å². The number of rotatable bonds is 1. The lowest BCUT2D eigenvalue weighted by Gasteiger charge is -2.29. The molecule has 1 aliphatic carbocycles. The summed E-state index contributed by atoms with van der Waals surface area (Å²) < 4.78 is 0. The molecule has 1 saturated carbocycles. The molecule has 0 radical (unpaired) electrons. The van der Waals surface area contributed by atoms with Gasteiger partial charge in [-0.2, -0.15) is 0 Å². The third kappa shape index (κ3) is 2.43. The number of allylic oxidation sites excluding steroid dienone is 2. The summed E-state index contributed by atoms with van der Waals surface area (Å²) in [6, 6.07) is 0. The quantitative estimate of drug-likeness (QED) is 0.565. The van der Waals surface area contributed by atoms with Crippen LogP contribution in [0.5, 0.6) is 0 Å². The topological polar surface area (TPSA) is 17.1 Å². The summed E-state index contributed by atoms with van der Waals surface area (Å²) in [4.78, 5) is 11.9. The van der Waals surface area contributed by atoms with E-state index in [0.29, 0.717) is 11.7 Å². The molecule has 1 aliphatic rings. The van der Waals surface area contributed by atoms with Gasteiger partial charge in [-0.05, 0) is 30.8 Å². The molecule has 1 heteroatoms. The fourth-order valence-corrected chi connectivity index (χ4v) is 1.94. The van der Waals surface area contributed by atoms with Crippen LogP contribution >= 0.6 is 0 Å². The molecule has 1 fully saturated rings. The van der Waals surface area contributed by atoms with Gasteiger partial charge in [-0.15, -0.1) is 0 Å². The van der Waals surface area contributed by atoms with Gasteiger partial charge in [0.2, 0.25) is 0 Å². The number of ketones is 1. The van der Waals surface area contributed by atoms with Crippen LogP contribution in [0.4, 0.5) is 0 Å². The molecular formula is C12H20O. The zero-order chi connectivity index (χ0) is 10.1. The van der Waals surface area contributed by atoms with Gasteiger partial charge in [0.15, 0.2) is 5.78 Å². The van der Waals surface area contributed by atoms with Crippen molar-refractivity contribution >= 4 is 5.78 Å². The average Bonchev–Trinajstić information content (AvgIpc) is 1.98. The zero-order valence-electron chi connectivity index (χ0n) is 9.18. The van der Waals surface area contributed by atoms with Gasteiger partial charge in [-0.25, -0.2) is 0 Å². The summed E-state index contributed by atoms with van der Waals surface area (Å²) in [6.07, 6.45) is 5.32. The Kier molecular flexibility index (Phi) is 2.94. The van der Waals surface area contributed by atoms with Gasteiger partial charge < -0.3 is 0 Å². The van der Waals surface area contributed by atoms with Crippen LogP contribution in [0.3, 0.4) is 0 Å². The van der Waals surface area contributed by atoms with Gasteiger partial charge in [-0.1, -0.05) is 33.8 Å². The van der Waals surface area contributed by atoms with Gasteiger partial charge in [-0.3, -0.25) is 4.79 Å². The smallest absolute Gasteiger partial charge is 0.164 e. The number of hydrogen-bond acceptors (Lipinski definition) is 1. The number of hydrogen-bond donors (Lipinski definition) is 0. The van der Waals surface area contributed by atoms with E-state index in [1.807, 2.05) is 0 Å². The van der Waals surface area contributed by atoms with Crippen molar-refractivity contribution in [2.24, 2.45) is 11.3 Å². The van der Waals surface area contributed by atoms with Crippen molar-refractivity contribution in [1.82, 2.24) is 0 Å². The predicted molar refractivity (Wildman–Crippen MR) is 55.6 cm³/mol. The fourth-order valence-electron chi connectivity index (χ4n) is 1.94. The minimum atomic E-state index is -0.112. The highest BCUT2D eigenvalue weighted by Gasteiger charge is 2.33.